The molecular weight excluding hydrogens is 538 g/mol. The molecule has 4 N–H and O–H groups in total. The number of nitrogens with one attached hydrogen (secondary N) is 2. The van der Waals surface area contributed by atoms with Crippen LogP contribution in [0.1, 0.15) is 56.3 Å². The first-order chi connectivity index (χ1) is 19.2. The summed E-state index contributed by atoms with van der Waals surface area (Å²) in [6, 6.07) is 10.1. The van der Waals surface area contributed by atoms with E-state index < -0.39 is 30.0 Å². The molecule has 0 fully saturated rings. The number of hydrogen-bond donors (Lipinski definition) is 4. The fourth-order valence-electron chi connectivity index (χ4n) is 4.20. The summed E-state index contributed by atoms with van der Waals surface area (Å²) in [6.45, 7) is 6.53. The zero-order valence-electron chi connectivity index (χ0n) is 22.7. The number of aromatic hydroxyl groups is 1. The largest absolute Gasteiger partial charge is 0.505 e. The Balaban J connectivity index is 1.92. The Morgan fingerprint density at radius 1 is 1.02 bits per heavy atom. The number of hydrogen-bond acceptors (Lipinski definition) is 6. The van der Waals surface area contributed by atoms with Crippen molar-refractivity contribution >= 4 is 29.3 Å². The molecule has 0 saturated carbocycles. The molecule has 0 aliphatic carbocycles. The second-order valence-electron chi connectivity index (χ2n) is 9.01. The number of carboxylic acids is 1. The van der Waals surface area contributed by atoms with Gasteiger partial charge in [-0.1, -0.05) is 43.1 Å². The van der Waals surface area contributed by atoms with Gasteiger partial charge in [-0.05, 0) is 55.7 Å². The van der Waals surface area contributed by atoms with E-state index in [1.807, 2.05) is 20.8 Å². The first kappa shape index (κ1) is 30.4. The van der Waals surface area contributed by atoms with Gasteiger partial charge in [-0.2, -0.15) is 0 Å². The maximum Gasteiger partial charge on any atom is 0.319 e. The Bertz CT molecular complexity index is 1390. The average Bonchev–Trinajstić information content (AvgIpc) is 2.91. The SMILES string of the molecule is CCCc1cn(Cc2ccc(Cl)cc2)c(=O)c(NC(=O)N[C@@H](CC(=O)O)c2ccc(OCC)c(OCC)c2)c1O. The van der Waals surface area contributed by atoms with Crippen molar-refractivity contribution in [1.82, 2.24) is 9.88 Å². The topological polar surface area (TPSA) is 139 Å². The second-order valence-corrected chi connectivity index (χ2v) is 9.45. The zero-order valence-corrected chi connectivity index (χ0v) is 23.5. The molecule has 40 heavy (non-hydrogen) atoms. The molecule has 0 aliphatic rings. The molecule has 2 aromatic carbocycles. The van der Waals surface area contributed by atoms with Crippen LogP contribution in [0, 0.1) is 0 Å². The maximum absolute atomic E-state index is 13.3. The summed E-state index contributed by atoms with van der Waals surface area (Å²) in [5.74, 6) is -0.570. The molecule has 10 nitrogen and oxygen atoms in total. The minimum atomic E-state index is -1.14. The summed E-state index contributed by atoms with van der Waals surface area (Å²) < 4.78 is 12.6. The monoisotopic (exact) mass is 571 g/mol. The quantitative estimate of drug-likeness (QED) is 0.217. The second kappa shape index (κ2) is 14.3. The molecule has 0 spiro atoms. The van der Waals surface area contributed by atoms with E-state index in [2.05, 4.69) is 10.6 Å². The van der Waals surface area contributed by atoms with E-state index in [9.17, 15) is 24.6 Å². The molecule has 1 heterocycles. The van der Waals surface area contributed by atoms with Gasteiger partial charge < -0.3 is 34.9 Å². The predicted octanol–water partition coefficient (Wildman–Crippen LogP) is 5.34. The molecule has 11 heteroatoms. The number of halogens is 1. The predicted molar refractivity (Wildman–Crippen MR) is 153 cm³/mol. The number of pyridine rings is 1. The van der Waals surface area contributed by atoms with Crippen LogP contribution in [-0.2, 0) is 17.8 Å². The summed E-state index contributed by atoms with van der Waals surface area (Å²) in [7, 11) is 0. The van der Waals surface area contributed by atoms with Gasteiger partial charge >= 0.3 is 12.0 Å². The minimum Gasteiger partial charge on any atom is -0.505 e. The number of aryl methyl sites for hydroxylation is 1. The van der Waals surface area contributed by atoms with Crippen LogP contribution in [0.3, 0.4) is 0 Å². The number of nitrogens with zero attached hydrogens (tertiary/aromatic N) is 1. The average molecular weight is 572 g/mol. The number of rotatable bonds is 13. The van der Waals surface area contributed by atoms with E-state index in [0.717, 1.165) is 5.56 Å². The number of carboxylic acid groups (broad SMARTS) is 1. The molecular formula is C29H34ClN3O7. The minimum absolute atomic E-state index is 0.192. The first-order valence-corrected chi connectivity index (χ1v) is 13.4. The summed E-state index contributed by atoms with van der Waals surface area (Å²) in [5.41, 5.74) is 0.845. The third-order valence-electron chi connectivity index (χ3n) is 6.01. The number of aromatic nitrogens is 1. The number of ether oxygens (including phenoxy) is 2. The van der Waals surface area contributed by atoms with Crippen LogP contribution < -0.4 is 25.7 Å². The van der Waals surface area contributed by atoms with E-state index in [-0.39, 0.29) is 18.0 Å². The van der Waals surface area contributed by atoms with E-state index in [4.69, 9.17) is 21.1 Å². The highest BCUT2D eigenvalue weighted by Gasteiger charge is 2.23. The van der Waals surface area contributed by atoms with Gasteiger partial charge in [0.15, 0.2) is 17.2 Å². The van der Waals surface area contributed by atoms with Crippen molar-refractivity contribution in [2.75, 3.05) is 18.5 Å². The number of carbonyl (C=O) groups excluding carboxylic acids is 1. The van der Waals surface area contributed by atoms with Crippen LogP contribution >= 0.6 is 11.6 Å². The first-order valence-electron chi connectivity index (χ1n) is 13.0. The molecule has 1 atom stereocenters. The van der Waals surface area contributed by atoms with Crippen LogP contribution in [0.2, 0.25) is 5.02 Å². The summed E-state index contributed by atoms with van der Waals surface area (Å²) >= 11 is 5.97. The number of aliphatic carboxylic acids is 1. The van der Waals surface area contributed by atoms with Crippen LogP contribution in [0.4, 0.5) is 10.5 Å². The van der Waals surface area contributed by atoms with E-state index in [1.54, 1.807) is 48.7 Å². The highest BCUT2D eigenvalue weighted by atomic mass is 35.5. The van der Waals surface area contributed by atoms with E-state index in [0.29, 0.717) is 53.7 Å². The number of urea groups is 1. The van der Waals surface area contributed by atoms with Crippen molar-refractivity contribution in [2.24, 2.45) is 0 Å². The number of anilines is 1. The fourth-order valence-corrected chi connectivity index (χ4v) is 4.33. The van der Waals surface area contributed by atoms with Gasteiger partial charge in [-0.3, -0.25) is 9.59 Å². The van der Waals surface area contributed by atoms with Crippen molar-refractivity contribution in [3.63, 3.8) is 0 Å². The Morgan fingerprint density at radius 2 is 1.70 bits per heavy atom. The molecule has 0 saturated heterocycles. The molecule has 0 aliphatic heterocycles. The van der Waals surface area contributed by atoms with Crippen molar-refractivity contribution in [3.8, 4) is 17.2 Å². The van der Waals surface area contributed by atoms with Gasteiger partial charge in [0.1, 0.15) is 5.75 Å². The number of carbonyl (C=O) groups is 2. The molecule has 1 aromatic heterocycles. The van der Waals surface area contributed by atoms with Crippen LogP contribution in [-0.4, -0.2) is 40.0 Å². The molecule has 0 unspecified atom stereocenters. The smallest absolute Gasteiger partial charge is 0.319 e. The van der Waals surface area contributed by atoms with Gasteiger partial charge in [-0.25, -0.2) is 4.79 Å². The van der Waals surface area contributed by atoms with E-state index in [1.165, 1.54) is 4.57 Å². The highest BCUT2D eigenvalue weighted by molar-refractivity contribution is 6.30. The standard InChI is InChI=1S/C29H34ClN3O7/c1-4-7-20-17-33(16-18-8-11-21(30)12-9-18)28(37)26(27(20)36)32-29(38)31-22(15-25(34)35)19-10-13-23(39-5-2)24(14-19)40-6-3/h8-14,17,22,36H,4-7,15-16H2,1-3H3,(H,34,35)(H2,31,32,38)/t22-/m0/s1. The van der Waals surface area contributed by atoms with Gasteiger partial charge in [0.2, 0.25) is 0 Å². The summed E-state index contributed by atoms with van der Waals surface area (Å²) in [6.07, 6.45) is 2.30. The summed E-state index contributed by atoms with van der Waals surface area (Å²) in [4.78, 5) is 38.0. The summed E-state index contributed by atoms with van der Waals surface area (Å²) in [5, 5.41) is 26.0. The third kappa shape index (κ3) is 7.92. The molecule has 0 radical (unpaired) electrons. The van der Waals surface area contributed by atoms with Crippen molar-refractivity contribution in [2.45, 2.75) is 52.6 Å². The number of amides is 2. The van der Waals surface area contributed by atoms with Gasteiger partial charge in [0.25, 0.3) is 5.56 Å². The lowest BCUT2D eigenvalue weighted by Gasteiger charge is -2.21. The van der Waals surface area contributed by atoms with Crippen molar-refractivity contribution in [1.29, 1.82) is 0 Å². The van der Waals surface area contributed by atoms with Gasteiger partial charge in [0, 0.05) is 16.8 Å². The van der Waals surface area contributed by atoms with Crippen molar-refractivity contribution < 1.29 is 29.3 Å². The molecule has 214 valence electrons. The van der Waals surface area contributed by atoms with Crippen LogP contribution in [0.25, 0.3) is 0 Å². The Kier molecular flexibility index (Phi) is 10.8. The van der Waals surface area contributed by atoms with Crippen LogP contribution in [0.15, 0.2) is 53.5 Å². The lowest BCUT2D eigenvalue weighted by molar-refractivity contribution is -0.137. The van der Waals surface area contributed by atoms with E-state index >= 15 is 0 Å². The third-order valence-corrected chi connectivity index (χ3v) is 6.26. The lowest BCUT2D eigenvalue weighted by atomic mass is 10.0. The lowest BCUT2D eigenvalue weighted by Crippen LogP contribution is -2.36. The van der Waals surface area contributed by atoms with Crippen LogP contribution in [0.5, 0.6) is 17.2 Å². The molecule has 0 bridgehead atoms. The van der Waals surface area contributed by atoms with Gasteiger partial charge in [0.05, 0.1) is 32.2 Å². The Labute approximate surface area is 237 Å². The Morgan fingerprint density at radius 3 is 2.33 bits per heavy atom. The fraction of sp³-hybridized carbons (Fsp3) is 0.345. The molecule has 2 amide bonds. The maximum atomic E-state index is 13.3. The highest BCUT2D eigenvalue weighted by Crippen LogP contribution is 2.32. The normalized spacial score (nSPS) is 11.5. The number of benzene rings is 2. The zero-order chi connectivity index (χ0) is 29.2. The molecule has 3 aromatic rings. The van der Waals surface area contributed by atoms with Crippen molar-refractivity contribution in [3.05, 3.63) is 80.7 Å². The van der Waals surface area contributed by atoms with Gasteiger partial charge in [-0.15, -0.1) is 0 Å². The Hall–Kier alpha value is -4.18. The molecule has 3 rings (SSSR count).